The molecule has 1 aromatic carbocycles. The highest BCUT2D eigenvalue weighted by atomic mass is 32.2. The van der Waals surface area contributed by atoms with Crippen molar-refractivity contribution in [3.05, 3.63) is 29.8 Å². The molecule has 2 aliphatic rings. The minimum atomic E-state index is -3.33. The number of benzene rings is 1. The summed E-state index contributed by atoms with van der Waals surface area (Å²) in [4.78, 5) is 0. The number of nitriles is 1. The lowest BCUT2D eigenvalue weighted by molar-refractivity contribution is 0.0843. The Morgan fingerprint density at radius 3 is 2.54 bits per heavy atom. The molecule has 3 rings (SSSR count). The second-order valence-corrected chi connectivity index (χ2v) is 9.35. The maximum atomic E-state index is 11.8. The van der Waals surface area contributed by atoms with Crippen LogP contribution in [0, 0.1) is 22.7 Å². The number of nitrogens with one attached hydrogen (secondary N) is 3. The smallest absolute Gasteiger partial charge is 0.209 e. The quantitative estimate of drug-likeness (QED) is 0.636. The molecule has 0 radical (unpaired) electrons. The van der Waals surface area contributed by atoms with Crippen LogP contribution < -0.4 is 20.1 Å². The molecule has 2 saturated heterocycles. The van der Waals surface area contributed by atoms with Gasteiger partial charge in [0.15, 0.2) is 0 Å². The summed E-state index contributed by atoms with van der Waals surface area (Å²) >= 11 is 0. The van der Waals surface area contributed by atoms with E-state index < -0.39 is 10.0 Å². The van der Waals surface area contributed by atoms with Gasteiger partial charge in [-0.05, 0) is 61.5 Å². The summed E-state index contributed by atoms with van der Waals surface area (Å²) in [6, 6.07) is 8.60. The number of sulfonamides is 1. The summed E-state index contributed by atoms with van der Waals surface area (Å²) < 4.78 is 32.2. The first kappa shape index (κ1) is 19.1. The van der Waals surface area contributed by atoms with Gasteiger partial charge in [-0.1, -0.05) is 0 Å². The molecule has 1 atom stereocenters. The van der Waals surface area contributed by atoms with E-state index in [1.165, 1.54) is 6.26 Å². The zero-order valence-electron chi connectivity index (χ0n) is 15.0. The van der Waals surface area contributed by atoms with E-state index >= 15 is 0 Å². The van der Waals surface area contributed by atoms with Crippen molar-refractivity contribution >= 4 is 10.0 Å². The first-order valence-electron chi connectivity index (χ1n) is 8.89. The van der Waals surface area contributed by atoms with E-state index in [0.29, 0.717) is 23.7 Å². The average molecular weight is 378 g/mol. The molecule has 2 fully saturated rings. The Labute approximate surface area is 155 Å². The van der Waals surface area contributed by atoms with Crippen LogP contribution >= 0.6 is 0 Å². The number of rotatable bonds is 7. The predicted octanol–water partition coefficient (Wildman–Crippen LogP) is 0.444. The molecule has 0 amide bonds. The molecule has 1 unspecified atom stereocenters. The Hall–Kier alpha value is -1.66. The van der Waals surface area contributed by atoms with Crippen molar-refractivity contribution in [1.82, 2.24) is 15.4 Å². The summed E-state index contributed by atoms with van der Waals surface area (Å²) in [5, 5.41) is 15.8. The van der Waals surface area contributed by atoms with Crippen LogP contribution in [-0.4, -0.2) is 53.5 Å². The molecule has 0 saturated carbocycles. The molecule has 142 valence electrons. The predicted molar refractivity (Wildman–Crippen MR) is 99.3 cm³/mol. The maximum absolute atomic E-state index is 11.8. The third kappa shape index (κ3) is 5.17. The number of hydrogen-bond acceptors (Lipinski definition) is 6. The van der Waals surface area contributed by atoms with Crippen LogP contribution in [0.25, 0.3) is 0 Å². The lowest BCUT2D eigenvalue weighted by atomic mass is 9.70. The summed E-state index contributed by atoms with van der Waals surface area (Å²) in [7, 11) is -3.33. The van der Waals surface area contributed by atoms with Gasteiger partial charge in [-0.2, -0.15) is 5.26 Å². The third-order valence-corrected chi connectivity index (χ3v) is 5.84. The van der Waals surface area contributed by atoms with E-state index in [4.69, 9.17) is 10.00 Å². The van der Waals surface area contributed by atoms with Crippen molar-refractivity contribution in [3.63, 3.8) is 0 Å². The van der Waals surface area contributed by atoms with Gasteiger partial charge in [0, 0.05) is 13.1 Å². The van der Waals surface area contributed by atoms with Crippen LogP contribution in [-0.2, 0) is 10.0 Å². The molecule has 2 aliphatic heterocycles. The molecule has 26 heavy (non-hydrogen) atoms. The summed E-state index contributed by atoms with van der Waals surface area (Å²) in [5.74, 6) is 1.22. The molecule has 0 spiro atoms. The second-order valence-electron chi connectivity index (χ2n) is 7.57. The number of nitrogens with zero attached hydrogens (tertiary/aromatic N) is 1. The van der Waals surface area contributed by atoms with E-state index in [0.717, 1.165) is 32.6 Å². The zero-order valence-corrected chi connectivity index (χ0v) is 15.8. The Morgan fingerprint density at radius 2 is 1.96 bits per heavy atom. The Bertz CT molecular complexity index is 748. The van der Waals surface area contributed by atoms with Crippen molar-refractivity contribution in [2.45, 2.75) is 18.9 Å². The normalized spacial score (nSPS) is 26.7. The van der Waals surface area contributed by atoms with E-state index in [1.54, 1.807) is 24.3 Å². The lowest BCUT2D eigenvalue weighted by Crippen LogP contribution is -2.58. The summed E-state index contributed by atoms with van der Waals surface area (Å²) in [5.41, 5.74) is 0.604. The van der Waals surface area contributed by atoms with Crippen molar-refractivity contribution in [2.75, 3.05) is 39.0 Å². The van der Waals surface area contributed by atoms with Gasteiger partial charge < -0.3 is 15.4 Å². The van der Waals surface area contributed by atoms with E-state index in [9.17, 15) is 8.42 Å². The molecule has 0 aromatic heterocycles. The van der Waals surface area contributed by atoms with Crippen LogP contribution in [0.2, 0.25) is 0 Å². The van der Waals surface area contributed by atoms with Gasteiger partial charge in [0.1, 0.15) is 12.4 Å². The van der Waals surface area contributed by atoms with Crippen molar-refractivity contribution in [2.24, 2.45) is 11.3 Å². The number of ether oxygens (including phenoxy) is 1. The molecule has 1 aromatic rings. The van der Waals surface area contributed by atoms with E-state index in [2.05, 4.69) is 21.4 Å². The first-order chi connectivity index (χ1) is 12.4. The van der Waals surface area contributed by atoms with Crippen molar-refractivity contribution < 1.29 is 13.2 Å². The van der Waals surface area contributed by atoms with Crippen molar-refractivity contribution in [1.29, 1.82) is 5.26 Å². The fourth-order valence-corrected chi connectivity index (χ4v) is 4.89. The van der Waals surface area contributed by atoms with Crippen molar-refractivity contribution in [3.8, 4) is 11.8 Å². The Morgan fingerprint density at radius 1 is 1.31 bits per heavy atom. The van der Waals surface area contributed by atoms with Crippen LogP contribution in [0.3, 0.4) is 0 Å². The number of piperidine rings is 2. The Kier molecular flexibility index (Phi) is 5.82. The SMILES string of the molecule is CS(=O)(=O)NC(COc1ccc(C#N)cc1)CC12CNCC(CNC1)C2. The minimum absolute atomic E-state index is 0.0392. The van der Waals surface area contributed by atoms with Gasteiger partial charge in [-0.3, -0.25) is 0 Å². The lowest BCUT2D eigenvalue weighted by Gasteiger charge is -2.47. The monoisotopic (exact) mass is 378 g/mol. The third-order valence-electron chi connectivity index (χ3n) is 5.08. The minimum Gasteiger partial charge on any atom is -0.492 e. The zero-order chi connectivity index (χ0) is 18.6. The molecular formula is C18H26N4O3S. The second kappa shape index (κ2) is 7.92. The topological polar surface area (TPSA) is 103 Å². The number of fused-ring (bicyclic) bond motifs is 2. The highest BCUT2D eigenvalue weighted by Gasteiger charge is 2.41. The molecule has 3 N–H and O–H groups in total. The maximum Gasteiger partial charge on any atom is 0.209 e. The highest BCUT2D eigenvalue weighted by Crippen LogP contribution is 2.36. The summed E-state index contributed by atoms with van der Waals surface area (Å²) in [6.45, 7) is 4.05. The largest absolute Gasteiger partial charge is 0.492 e. The van der Waals surface area contributed by atoms with Gasteiger partial charge in [-0.15, -0.1) is 0 Å². The average Bonchev–Trinajstić information content (AvgIpc) is 2.59. The van der Waals surface area contributed by atoms with Gasteiger partial charge in [-0.25, -0.2) is 13.1 Å². The number of hydrogen-bond donors (Lipinski definition) is 3. The van der Waals surface area contributed by atoms with Gasteiger partial charge in [0.25, 0.3) is 0 Å². The fourth-order valence-electron chi connectivity index (χ4n) is 4.13. The van der Waals surface area contributed by atoms with Crippen LogP contribution in [0.15, 0.2) is 24.3 Å². The first-order valence-corrected chi connectivity index (χ1v) is 10.8. The summed E-state index contributed by atoms with van der Waals surface area (Å²) in [6.07, 6.45) is 3.00. The molecular weight excluding hydrogens is 352 g/mol. The fraction of sp³-hybridized carbons (Fsp3) is 0.611. The van der Waals surface area contributed by atoms with Gasteiger partial charge in [0.05, 0.1) is 23.9 Å². The van der Waals surface area contributed by atoms with E-state index in [-0.39, 0.29) is 18.1 Å². The van der Waals surface area contributed by atoms with Crippen LogP contribution in [0.4, 0.5) is 0 Å². The van der Waals surface area contributed by atoms with Crippen LogP contribution in [0.5, 0.6) is 5.75 Å². The molecule has 7 nitrogen and oxygen atoms in total. The van der Waals surface area contributed by atoms with Crippen LogP contribution in [0.1, 0.15) is 18.4 Å². The molecule has 2 bridgehead atoms. The molecule has 0 aliphatic carbocycles. The van der Waals surface area contributed by atoms with Gasteiger partial charge >= 0.3 is 0 Å². The molecule has 2 heterocycles. The molecule has 8 heteroatoms. The Balaban J connectivity index is 1.67. The standard InChI is InChI=1S/C18H26N4O3S/c1-26(23,24)22-16(11-25-17-4-2-14(8-19)3-5-17)7-18-6-15(9-20-12-18)10-21-13-18/h2-5,15-16,20-22H,6-7,9-13H2,1H3. The van der Waals surface area contributed by atoms with Gasteiger partial charge in [0.2, 0.25) is 10.0 Å². The highest BCUT2D eigenvalue weighted by molar-refractivity contribution is 7.88. The van der Waals surface area contributed by atoms with E-state index in [1.807, 2.05) is 0 Å².